The van der Waals surface area contributed by atoms with Crippen LogP contribution in [0.1, 0.15) is 6.92 Å². The molecule has 2 N–H and O–H groups in total. The maximum Gasteiger partial charge on any atom is 0.258 e. The Kier molecular flexibility index (Phi) is 6.19. The van der Waals surface area contributed by atoms with Gasteiger partial charge in [-0.3, -0.25) is 4.68 Å². The Morgan fingerprint density at radius 2 is 1.86 bits per heavy atom. The second-order valence-corrected chi connectivity index (χ2v) is 9.23. The van der Waals surface area contributed by atoms with E-state index in [-0.39, 0.29) is 12.3 Å². The van der Waals surface area contributed by atoms with Gasteiger partial charge in [-0.05, 0) is 7.05 Å². The van der Waals surface area contributed by atoms with Gasteiger partial charge in [0.2, 0.25) is 16.0 Å². The molecule has 0 aliphatic carbocycles. The molecule has 0 saturated carbocycles. The topological polar surface area (TPSA) is 108 Å². The lowest BCUT2D eigenvalue weighted by Gasteiger charge is -2.32. The number of alkyl halides is 2. The zero-order valence-corrected chi connectivity index (χ0v) is 17.5. The standard InChI is InChI=1S/C16H26F2N8O2S/c1-16(17,18)11-21-29(27,28)9-4-19-14-13-12(10-20-25(13)3)22-15(23-14)26-7-5-24(2)6-8-26/h10,21H,4-9,11H2,1-3H3,(H,19,22,23). The number of halogens is 2. The molecule has 0 radical (unpaired) electrons. The Labute approximate surface area is 168 Å². The summed E-state index contributed by atoms with van der Waals surface area (Å²) in [5, 5.41) is 7.20. The summed E-state index contributed by atoms with van der Waals surface area (Å²) < 4.78 is 53.2. The summed E-state index contributed by atoms with van der Waals surface area (Å²) in [6, 6.07) is 0. The lowest BCUT2D eigenvalue weighted by atomic mass is 10.3. The van der Waals surface area contributed by atoms with Crippen molar-refractivity contribution in [2.75, 3.05) is 62.3 Å². The minimum absolute atomic E-state index is 0.00406. The van der Waals surface area contributed by atoms with Crippen molar-refractivity contribution >= 4 is 32.8 Å². The SMILES string of the molecule is CN1CCN(c2nc(NCCS(=O)(=O)NCC(C)(F)F)c3c(cnn3C)n2)CC1. The molecule has 0 unspecified atom stereocenters. The molecule has 3 rings (SSSR count). The van der Waals surface area contributed by atoms with Crippen LogP contribution in [0.5, 0.6) is 0 Å². The van der Waals surface area contributed by atoms with Gasteiger partial charge in [0, 0.05) is 46.7 Å². The first kappa shape index (κ1) is 21.6. The molecule has 0 spiro atoms. The van der Waals surface area contributed by atoms with Crippen molar-refractivity contribution < 1.29 is 17.2 Å². The van der Waals surface area contributed by atoms with Crippen LogP contribution in [0.15, 0.2) is 6.20 Å². The molecule has 2 aromatic rings. The predicted molar refractivity (Wildman–Crippen MR) is 107 cm³/mol. The molecule has 1 fully saturated rings. The number of rotatable bonds is 8. The van der Waals surface area contributed by atoms with Crippen LogP contribution in [0.25, 0.3) is 11.0 Å². The Morgan fingerprint density at radius 3 is 2.52 bits per heavy atom. The molecule has 29 heavy (non-hydrogen) atoms. The second kappa shape index (κ2) is 8.32. The summed E-state index contributed by atoms with van der Waals surface area (Å²) >= 11 is 0. The summed E-state index contributed by atoms with van der Waals surface area (Å²) in [4.78, 5) is 13.4. The first-order valence-electron chi connectivity index (χ1n) is 9.26. The van der Waals surface area contributed by atoms with Gasteiger partial charge in [0.05, 0.1) is 18.5 Å². The number of hydrogen-bond donors (Lipinski definition) is 2. The first-order chi connectivity index (χ1) is 13.5. The number of sulfonamides is 1. The summed E-state index contributed by atoms with van der Waals surface area (Å²) in [5.74, 6) is -2.46. The van der Waals surface area contributed by atoms with Gasteiger partial charge >= 0.3 is 0 Å². The van der Waals surface area contributed by atoms with Crippen LogP contribution in [0.3, 0.4) is 0 Å². The summed E-state index contributed by atoms with van der Waals surface area (Å²) in [7, 11) is -0.0479. The van der Waals surface area contributed by atoms with Crippen molar-refractivity contribution in [2.24, 2.45) is 7.05 Å². The number of hydrogen-bond acceptors (Lipinski definition) is 8. The van der Waals surface area contributed by atoms with Crippen molar-refractivity contribution in [2.45, 2.75) is 12.8 Å². The molecule has 13 heteroatoms. The minimum Gasteiger partial charge on any atom is -0.367 e. The number of fused-ring (bicyclic) bond motifs is 1. The first-order valence-corrected chi connectivity index (χ1v) is 10.9. The average molecular weight is 433 g/mol. The highest BCUT2D eigenvalue weighted by Gasteiger charge is 2.24. The van der Waals surface area contributed by atoms with Crippen LogP contribution >= 0.6 is 0 Å². The average Bonchev–Trinajstić information content (AvgIpc) is 3.01. The van der Waals surface area contributed by atoms with Crippen molar-refractivity contribution in [3.05, 3.63) is 6.20 Å². The minimum atomic E-state index is -3.85. The fourth-order valence-electron chi connectivity index (χ4n) is 2.95. The van der Waals surface area contributed by atoms with E-state index in [4.69, 9.17) is 0 Å². The molecule has 0 aromatic carbocycles. The Bertz CT molecular complexity index is 952. The maximum atomic E-state index is 12.9. The molecule has 162 valence electrons. The number of aromatic nitrogens is 4. The highest BCUT2D eigenvalue weighted by Crippen LogP contribution is 2.23. The number of anilines is 2. The van der Waals surface area contributed by atoms with E-state index in [0.717, 1.165) is 26.2 Å². The molecule has 1 aliphatic heterocycles. The quantitative estimate of drug-likeness (QED) is 0.605. The van der Waals surface area contributed by atoms with Crippen molar-refractivity contribution in [3.8, 4) is 0 Å². The van der Waals surface area contributed by atoms with Crippen LogP contribution in [0, 0.1) is 0 Å². The molecule has 2 aromatic heterocycles. The third kappa shape index (κ3) is 5.70. The molecular weight excluding hydrogens is 406 g/mol. The molecule has 0 amide bonds. The Balaban J connectivity index is 1.73. The Morgan fingerprint density at radius 1 is 1.17 bits per heavy atom. The van der Waals surface area contributed by atoms with E-state index in [1.165, 1.54) is 0 Å². The molecule has 0 bridgehead atoms. The van der Waals surface area contributed by atoms with E-state index in [1.807, 2.05) is 4.72 Å². The fraction of sp³-hybridized carbons (Fsp3) is 0.688. The zero-order valence-electron chi connectivity index (χ0n) is 16.7. The molecule has 0 atom stereocenters. The van der Waals surface area contributed by atoms with E-state index >= 15 is 0 Å². The predicted octanol–water partition coefficient (Wildman–Crippen LogP) is 0.102. The van der Waals surface area contributed by atoms with Crippen molar-refractivity contribution in [3.63, 3.8) is 0 Å². The number of likely N-dealkylation sites (N-methyl/N-ethyl adjacent to an activating group) is 1. The lowest BCUT2D eigenvalue weighted by Crippen LogP contribution is -2.45. The van der Waals surface area contributed by atoms with E-state index in [2.05, 4.69) is 37.2 Å². The van der Waals surface area contributed by atoms with E-state index in [0.29, 0.717) is 29.7 Å². The summed E-state index contributed by atoms with van der Waals surface area (Å²) in [6.07, 6.45) is 1.63. The van der Waals surface area contributed by atoms with Gasteiger partial charge in [0.1, 0.15) is 11.0 Å². The van der Waals surface area contributed by atoms with Gasteiger partial charge in [0.15, 0.2) is 5.82 Å². The van der Waals surface area contributed by atoms with Gasteiger partial charge in [0.25, 0.3) is 5.92 Å². The molecular formula is C16H26F2N8O2S. The van der Waals surface area contributed by atoms with Gasteiger partial charge in [-0.2, -0.15) is 10.1 Å². The largest absolute Gasteiger partial charge is 0.367 e. The number of nitrogens with one attached hydrogen (secondary N) is 2. The second-order valence-electron chi connectivity index (χ2n) is 7.30. The lowest BCUT2D eigenvalue weighted by molar-refractivity contribution is 0.0281. The zero-order chi connectivity index (χ0) is 21.2. The normalized spacial score (nSPS) is 16.5. The number of nitrogens with zero attached hydrogens (tertiary/aromatic N) is 6. The monoisotopic (exact) mass is 432 g/mol. The Hall–Kier alpha value is -2.12. The highest BCUT2D eigenvalue weighted by molar-refractivity contribution is 7.89. The van der Waals surface area contributed by atoms with Gasteiger partial charge in [-0.1, -0.05) is 0 Å². The fourth-order valence-corrected chi connectivity index (χ4v) is 3.94. The van der Waals surface area contributed by atoms with Crippen LogP contribution < -0.4 is 14.9 Å². The van der Waals surface area contributed by atoms with Gasteiger partial charge in [-0.15, -0.1) is 0 Å². The van der Waals surface area contributed by atoms with Crippen LogP contribution in [-0.2, 0) is 17.1 Å². The van der Waals surface area contributed by atoms with Gasteiger partial charge < -0.3 is 15.1 Å². The van der Waals surface area contributed by atoms with Crippen LogP contribution in [-0.4, -0.2) is 91.1 Å². The summed E-state index contributed by atoms with van der Waals surface area (Å²) in [5.41, 5.74) is 1.29. The van der Waals surface area contributed by atoms with Crippen LogP contribution in [0.2, 0.25) is 0 Å². The van der Waals surface area contributed by atoms with Crippen molar-refractivity contribution in [1.82, 2.24) is 29.4 Å². The smallest absolute Gasteiger partial charge is 0.258 e. The number of aryl methyl sites for hydroxylation is 1. The molecule has 1 aliphatic rings. The van der Waals surface area contributed by atoms with E-state index < -0.39 is 22.5 Å². The highest BCUT2D eigenvalue weighted by atomic mass is 32.2. The molecule has 1 saturated heterocycles. The third-order valence-electron chi connectivity index (χ3n) is 4.63. The molecule has 10 nitrogen and oxygen atoms in total. The van der Waals surface area contributed by atoms with Crippen LogP contribution in [0.4, 0.5) is 20.5 Å². The molecule has 3 heterocycles. The summed E-state index contributed by atoms with van der Waals surface area (Å²) in [6.45, 7) is 3.09. The van der Waals surface area contributed by atoms with Gasteiger partial charge in [-0.25, -0.2) is 26.9 Å². The van der Waals surface area contributed by atoms with E-state index in [9.17, 15) is 17.2 Å². The van der Waals surface area contributed by atoms with E-state index in [1.54, 1.807) is 17.9 Å². The maximum absolute atomic E-state index is 12.9. The number of piperazine rings is 1. The van der Waals surface area contributed by atoms with Crippen molar-refractivity contribution in [1.29, 1.82) is 0 Å². The third-order valence-corrected chi connectivity index (χ3v) is 5.95.